The van der Waals surface area contributed by atoms with Gasteiger partial charge in [-0.25, -0.2) is 4.98 Å². The lowest BCUT2D eigenvalue weighted by molar-refractivity contribution is -0.115. The number of aromatic nitrogens is 1. The van der Waals surface area contributed by atoms with E-state index in [1.54, 1.807) is 18.2 Å². The third kappa shape index (κ3) is 3.32. The number of hydrogen-bond donors (Lipinski definition) is 2. The normalized spacial score (nSPS) is 10.7. The second kappa shape index (κ2) is 5.71. The molecule has 0 saturated carbocycles. The van der Waals surface area contributed by atoms with Crippen molar-refractivity contribution in [3.05, 3.63) is 53.1 Å². The van der Waals surface area contributed by atoms with Crippen molar-refractivity contribution in [3.8, 4) is 0 Å². The summed E-state index contributed by atoms with van der Waals surface area (Å²) < 4.78 is 0.946. The molecule has 0 fully saturated rings. The fourth-order valence-electron chi connectivity index (χ4n) is 2.00. The number of nitrogens with one attached hydrogen (secondary N) is 1. The van der Waals surface area contributed by atoms with Crippen molar-refractivity contribution in [1.82, 2.24) is 4.98 Å². The van der Waals surface area contributed by atoms with Crippen LogP contribution in [0.5, 0.6) is 0 Å². The fourth-order valence-corrected chi connectivity index (χ4v) is 3.16. The summed E-state index contributed by atoms with van der Waals surface area (Å²) in [4.78, 5) is 16.4. The van der Waals surface area contributed by atoms with Gasteiger partial charge in [-0.05, 0) is 35.9 Å². The summed E-state index contributed by atoms with van der Waals surface area (Å²) in [6.07, 6.45) is 0.266. The summed E-state index contributed by atoms with van der Waals surface area (Å²) in [6, 6.07) is 12.7. The summed E-state index contributed by atoms with van der Waals surface area (Å²) in [5.74, 6) is -0.120. The predicted octanol–water partition coefficient (Wildman–Crippen LogP) is 3.71. The molecule has 0 aliphatic rings. The Bertz CT molecular complexity index is 816. The van der Waals surface area contributed by atoms with Crippen LogP contribution in [0, 0.1) is 0 Å². The number of benzene rings is 2. The number of hydrogen-bond acceptors (Lipinski definition) is 4. The Morgan fingerprint density at radius 1 is 1.29 bits per heavy atom. The summed E-state index contributed by atoms with van der Waals surface area (Å²) in [5.41, 5.74) is 8.04. The Labute approximate surface area is 130 Å². The van der Waals surface area contributed by atoms with Crippen LogP contribution in [-0.2, 0) is 11.2 Å². The molecular formula is C15H12ClN3OS. The fraction of sp³-hybridized carbons (Fsp3) is 0.0667. The van der Waals surface area contributed by atoms with Gasteiger partial charge in [-0.15, -0.1) is 0 Å². The van der Waals surface area contributed by atoms with Gasteiger partial charge in [-0.3, -0.25) is 4.79 Å². The zero-order chi connectivity index (χ0) is 14.8. The van der Waals surface area contributed by atoms with E-state index in [2.05, 4.69) is 10.3 Å². The van der Waals surface area contributed by atoms with Gasteiger partial charge < -0.3 is 11.1 Å². The lowest BCUT2D eigenvalue weighted by Crippen LogP contribution is -2.14. The zero-order valence-electron chi connectivity index (χ0n) is 11.0. The maximum Gasteiger partial charge on any atom is 0.230 e. The highest BCUT2D eigenvalue weighted by molar-refractivity contribution is 7.22. The van der Waals surface area contributed by atoms with Gasteiger partial charge in [0.2, 0.25) is 5.91 Å². The Balaban J connectivity index is 1.74. The number of amides is 1. The number of fused-ring (bicyclic) bond motifs is 1. The smallest absolute Gasteiger partial charge is 0.230 e. The zero-order valence-corrected chi connectivity index (χ0v) is 12.5. The monoisotopic (exact) mass is 317 g/mol. The largest absolute Gasteiger partial charge is 0.399 e. The third-order valence-electron chi connectivity index (χ3n) is 2.91. The molecule has 1 aromatic heterocycles. The molecule has 0 saturated heterocycles. The van der Waals surface area contributed by atoms with Crippen LogP contribution in [0.1, 0.15) is 5.56 Å². The van der Waals surface area contributed by atoms with Gasteiger partial charge in [0.05, 0.1) is 16.6 Å². The van der Waals surface area contributed by atoms with Gasteiger partial charge >= 0.3 is 0 Å². The Kier molecular flexibility index (Phi) is 3.77. The van der Waals surface area contributed by atoms with Crippen molar-refractivity contribution >= 4 is 49.9 Å². The lowest BCUT2D eigenvalue weighted by Gasteiger charge is -2.02. The van der Waals surface area contributed by atoms with Crippen molar-refractivity contribution in [2.24, 2.45) is 0 Å². The average Bonchev–Trinajstić information content (AvgIpc) is 2.79. The number of rotatable bonds is 3. The average molecular weight is 318 g/mol. The molecule has 1 amide bonds. The molecule has 1 heterocycles. The minimum absolute atomic E-state index is 0.120. The number of carbonyl (C=O) groups is 1. The van der Waals surface area contributed by atoms with Crippen LogP contribution < -0.4 is 11.1 Å². The van der Waals surface area contributed by atoms with E-state index < -0.39 is 0 Å². The van der Waals surface area contributed by atoms with Crippen molar-refractivity contribution in [1.29, 1.82) is 0 Å². The quantitative estimate of drug-likeness (QED) is 0.723. The maximum atomic E-state index is 12.0. The molecule has 2 aromatic carbocycles. The maximum absolute atomic E-state index is 12.0. The van der Waals surface area contributed by atoms with Gasteiger partial charge in [-0.1, -0.05) is 35.1 Å². The number of halogens is 1. The molecule has 0 bridgehead atoms. The first-order valence-corrected chi connectivity index (χ1v) is 7.50. The molecule has 0 spiro atoms. The van der Waals surface area contributed by atoms with Crippen LogP contribution in [0.25, 0.3) is 10.2 Å². The molecule has 0 radical (unpaired) electrons. The first-order valence-electron chi connectivity index (χ1n) is 6.30. The van der Waals surface area contributed by atoms with E-state index in [0.29, 0.717) is 15.8 Å². The van der Waals surface area contributed by atoms with Crippen LogP contribution in [-0.4, -0.2) is 10.9 Å². The molecule has 3 aromatic rings. The van der Waals surface area contributed by atoms with E-state index in [0.717, 1.165) is 15.8 Å². The van der Waals surface area contributed by atoms with Gasteiger partial charge in [0.15, 0.2) is 5.13 Å². The van der Waals surface area contributed by atoms with Gasteiger partial charge in [0.1, 0.15) is 0 Å². The van der Waals surface area contributed by atoms with E-state index in [4.69, 9.17) is 17.3 Å². The Hall–Kier alpha value is -2.11. The summed E-state index contributed by atoms with van der Waals surface area (Å²) in [7, 11) is 0. The number of nitrogen functional groups attached to an aromatic ring is 1. The molecule has 4 nitrogen and oxygen atoms in total. The predicted molar refractivity (Wildman–Crippen MR) is 87.8 cm³/mol. The first-order chi connectivity index (χ1) is 10.1. The standard InChI is InChI=1S/C15H12ClN3OS/c16-10-4-5-12-13(8-10)21-15(18-12)19-14(20)7-9-2-1-3-11(17)6-9/h1-6,8H,7,17H2,(H,18,19,20). The van der Waals surface area contributed by atoms with Crippen LogP contribution in [0.2, 0.25) is 5.02 Å². The van der Waals surface area contributed by atoms with Gasteiger partial charge in [0, 0.05) is 10.7 Å². The number of nitrogens with two attached hydrogens (primary N) is 1. The van der Waals surface area contributed by atoms with E-state index in [1.807, 2.05) is 24.3 Å². The molecule has 3 N–H and O–H groups in total. The number of carbonyl (C=O) groups excluding carboxylic acids is 1. The van der Waals surface area contributed by atoms with Crippen LogP contribution in [0.15, 0.2) is 42.5 Å². The van der Waals surface area contributed by atoms with E-state index in [1.165, 1.54) is 11.3 Å². The minimum Gasteiger partial charge on any atom is -0.399 e. The second-order valence-electron chi connectivity index (χ2n) is 4.60. The molecule has 21 heavy (non-hydrogen) atoms. The molecule has 0 aliphatic carbocycles. The molecule has 0 atom stereocenters. The molecule has 6 heteroatoms. The highest BCUT2D eigenvalue weighted by Crippen LogP contribution is 2.28. The highest BCUT2D eigenvalue weighted by Gasteiger charge is 2.09. The van der Waals surface area contributed by atoms with E-state index in [-0.39, 0.29) is 12.3 Å². The molecule has 0 aliphatic heterocycles. The van der Waals surface area contributed by atoms with Crippen molar-refractivity contribution < 1.29 is 4.79 Å². The lowest BCUT2D eigenvalue weighted by atomic mass is 10.1. The number of anilines is 2. The topological polar surface area (TPSA) is 68.0 Å². The minimum atomic E-state index is -0.120. The highest BCUT2D eigenvalue weighted by atomic mass is 35.5. The van der Waals surface area contributed by atoms with E-state index in [9.17, 15) is 4.79 Å². The van der Waals surface area contributed by atoms with Crippen molar-refractivity contribution in [3.63, 3.8) is 0 Å². The summed E-state index contributed by atoms with van der Waals surface area (Å²) in [6.45, 7) is 0. The molecule has 3 rings (SSSR count). The molecule has 0 unspecified atom stereocenters. The summed E-state index contributed by atoms with van der Waals surface area (Å²) >= 11 is 7.34. The van der Waals surface area contributed by atoms with Crippen LogP contribution in [0.3, 0.4) is 0 Å². The van der Waals surface area contributed by atoms with Crippen LogP contribution in [0.4, 0.5) is 10.8 Å². The van der Waals surface area contributed by atoms with E-state index >= 15 is 0 Å². The Morgan fingerprint density at radius 2 is 2.14 bits per heavy atom. The van der Waals surface area contributed by atoms with Crippen molar-refractivity contribution in [2.45, 2.75) is 6.42 Å². The first kappa shape index (κ1) is 13.9. The molecular weight excluding hydrogens is 306 g/mol. The van der Waals surface area contributed by atoms with Crippen LogP contribution >= 0.6 is 22.9 Å². The van der Waals surface area contributed by atoms with Crippen molar-refractivity contribution in [2.75, 3.05) is 11.1 Å². The number of thiazole rings is 1. The summed E-state index contributed by atoms with van der Waals surface area (Å²) in [5, 5.41) is 4.03. The SMILES string of the molecule is Nc1cccc(CC(=O)Nc2nc3ccc(Cl)cc3s2)c1. The number of nitrogens with zero attached hydrogens (tertiary/aromatic N) is 1. The Morgan fingerprint density at radius 3 is 2.95 bits per heavy atom. The van der Waals surface area contributed by atoms with Gasteiger partial charge in [0.25, 0.3) is 0 Å². The second-order valence-corrected chi connectivity index (χ2v) is 6.07. The third-order valence-corrected chi connectivity index (χ3v) is 4.08. The molecule has 106 valence electrons. The van der Waals surface area contributed by atoms with Gasteiger partial charge in [-0.2, -0.15) is 0 Å².